The molecule has 9 nitrogen and oxygen atoms in total. The van der Waals surface area contributed by atoms with Crippen LogP contribution in [0.15, 0.2) is 66.7 Å². The number of carbonyl (C=O) groups excluding carboxylic acids is 5. The second-order valence-electron chi connectivity index (χ2n) is 7.70. The molecule has 2 amide bonds. The first kappa shape index (κ1) is 24.3. The van der Waals surface area contributed by atoms with Gasteiger partial charge in [-0.1, -0.05) is 0 Å². The number of hydrogen-bond donors (Lipinski definition) is 0. The normalized spacial score (nSPS) is 12.2. The SMILES string of the molecule is CCOC(=O)c1ccc(N2C(=O)c3ccc(C(=O)OCC(=O)c4ccc(OC)cc4)cc3C2=O)cc1. The van der Waals surface area contributed by atoms with Gasteiger partial charge in [-0.15, -0.1) is 0 Å². The fraction of sp³-hybridized carbons (Fsp3) is 0.148. The first-order valence-corrected chi connectivity index (χ1v) is 11.0. The number of ketones is 1. The molecule has 0 aliphatic carbocycles. The van der Waals surface area contributed by atoms with Crippen LogP contribution in [0.2, 0.25) is 0 Å². The number of anilines is 1. The minimum absolute atomic E-state index is 0.0249. The summed E-state index contributed by atoms with van der Waals surface area (Å²) in [7, 11) is 1.51. The molecule has 0 radical (unpaired) electrons. The van der Waals surface area contributed by atoms with Gasteiger partial charge in [0.2, 0.25) is 0 Å². The van der Waals surface area contributed by atoms with Crippen LogP contribution in [-0.4, -0.2) is 49.9 Å². The largest absolute Gasteiger partial charge is 0.497 e. The summed E-state index contributed by atoms with van der Waals surface area (Å²) in [5.74, 6) is -2.32. The molecule has 0 N–H and O–H groups in total. The fourth-order valence-corrected chi connectivity index (χ4v) is 3.64. The van der Waals surface area contributed by atoms with E-state index in [9.17, 15) is 24.0 Å². The van der Waals surface area contributed by atoms with Crippen LogP contribution in [0.5, 0.6) is 5.75 Å². The van der Waals surface area contributed by atoms with Crippen molar-refractivity contribution in [2.45, 2.75) is 6.92 Å². The third-order valence-electron chi connectivity index (χ3n) is 5.51. The summed E-state index contributed by atoms with van der Waals surface area (Å²) in [5, 5.41) is 0. The summed E-state index contributed by atoms with van der Waals surface area (Å²) in [4.78, 5) is 63.5. The highest BCUT2D eigenvalue weighted by atomic mass is 16.5. The molecular weight excluding hydrogens is 466 g/mol. The highest BCUT2D eigenvalue weighted by molar-refractivity contribution is 6.34. The third-order valence-corrected chi connectivity index (χ3v) is 5.51. The number of rotatable bonds is 8. The van der Waals surface area contributed by atoms with Crippen molar-refractivity contribution >= 4 is 35.2 Å². The van der Waals surface area contributed by atoms with Crippen LogP contribution in [0.25, 0.3) is 0 Å². The van der Waals surface area contributed by atoms with E-state index in [4.69, 9.17) is 14.2 Å². The zero-order chi connectivity index (χ0) is 25.8. The van der Waals surface area contributed by atoms with Gasteiger partial charge in [0, 0.05) is 5.56 Å². The topological polar surface area (TPSA) is 116 Å². The van der Waals surface area contributed by atoms with E-state index >= 15 is 0 Å². The standard InChI is InChI=1S/C27H21NO8/c1-3-35-26(32)17-4-9-19(10-5-17)28-24(30)21-13-8-18(14-22(21)25(28)31)27(33)36-15-23(29)16-6-11-20(34-2)12-7-16/h4-14H,3,15H2,1-2H3. The molecule has 0 saturated heterocycles. The maximum absolute atomic E-state index is 13.0. The Balaban J connectivity index is 1.46. The smallest absolute Gasteiger partial charge is 0.338 e. The summed E-state index contributed by atoms with van der Waals surface area (Å²) in [6.07, 6.45) is 0. The lowest BCUT2D eigenvalue weighted by Gasteiger charge is -2.14. The number of ether oxygens (including phenoxy) is 3. The summed E-state index contributed by atoms with van der Waals surface area (Å²) < 4.78 is 15.1. The van der Waals surface area contributed by atoms with Crippen molar-refractivity contribution < 1.29 is 38.2 Å². The Kier molecular flexibility index (Phi) is 6.91. The minimum Gasteiger partial charge on any atom is -0.497 e. The van der Waals surface area contributed by atoms with Gasteiger partial charge in [0.1, 0.15) is 5.75 Å². The predicted octanol–water partition coefficient (Wildman–Crippen LogP) is 3.71. The fourth-order valence-electron chi connectivity index (χ4n) is 3.64. The number of esters is 2. The number of benzene rings is 3. The van der Waals surface area contributed by atoms with E-state index in [2.05, 4.69) is 0 Å². The molecule has 0 bridgehead atoms. The number of Topliss-reactive ketones (excluding diaryl/α,β-unsaturated/α-hetero) is 1. The van der Waals surface area contributed by atoms with Gasteiger partial charge >= 0.3 is 11.9 Å². The van der Waals surface area contributed by atoms with Crippen molar-refractivity contribution in [3.8, 4) is 5.75 Å². The van der Waals surface area contributed by atoms with Gasteiger partial charge in [-0.25, -0.2) is 14.5 Å². The third kappa shape index (κ3) is 4.72. The number of amides is 2. The molecule has 0 saturated carbocycles. The molecular formula is C27H21NO8. The molecule has 4 rings (SSSR count). The van der Waals surface area contributed by atoms with Crippen molar-refractivity contribution in [2.24, 2.45) is 0 Å². The molecule has 0 spiro atoms. The second-order valence-corrected chi connectivity index (χ2v) is 7.70. The molecule has 1 heterocycles. The lowest BCUT2D eigenvalue weighted by molar-refractivity contribution is 0.0474. The van der Waals surface area contributed by atoms with E-state index in [1.807, 2.05) is 0 Å². The Morgan fingerprint density at radius 1 is 0.722 bits per heavy atom. The maximum Gasteiger partial charge on any atom is 0.338 e. The quantitative estimate of drug-likeness (QED) is 0.268. The number of methoxy groups -OCH3 is 1. The molecule has 0 unspecified atom stereocenters. The van der Waals surface area contributed by atoms with Crippen LogP contribution in [0.4, 0.5) is 5.69 Å². The zero-order valence-electron chi connectivity index (χ0n) is 19.5. The molecule has 3 aromatic carbocycles. The Morgan fingerprint density at radius 3 is 1.94 bits per heavy atom. The van der Waals surface area contributed by atoms with Gasteiger partial charge in [0.05, 0.1) is 41.7 Å². The van der Waals surface area contributed by atoms with Crippen molar-refractivity contribution in [1.29, 1.82) is 0 Å². The van der Waals surface area contributed by atoms with Crippen molar-refractivity contribution in [3.05, 3.63) is 94.5 Å². The van der Waals surface area contributed by atoms with Crippen LogP contribution < -0.4 is 9.64 Å². The maximum atomic E-state index is 13.0. The molecule has 1 aliphatic rings. The molecule has 0 fully saturated rings. The van der Waals surface area contributed by atoms with Crippen molar-refractivity contribution in [3.63, 3.8) is 0 Å². The molecule has 36 heavy (non-hydrogen) atoms. The summed E-state index contributed by atoms with van der Waals surface area (Å²) >= 11 is 0. The monoisotopic (exact) mass is 487 g/mol. The average Bonchev–Trinajstić information content (AvgIpc) is 3.16. The van der Waals surface area contributed by atoms with Gasteiger partial charge in [-0.05, 0) is 73.7 Å². The van der Waals surface area contributed by atoms with Gasteiger partial charge in [0.25, 0.3) is 11.8 Å². The summed E-state index contributed by atoms with van der Waals surface area (Å²) in [6, 6.07) is 16.2. The molecule has 1 aliphatic heterocycles. The minimum atomic E-state index is -0.808. The van der Waals surface area contributed by atoms with E-state index in [1.54, 1.807) is 31.2 Å². The average molecular weight is 487 g/mol. The highest BCUT2D eigenvalue weighted by Gasteiger charge is 2.37. The number of imide groups is 1. The van der Waals surface area contributed by atoms with Gasteiger partial charge in [-0.2, -0.15) is 0 Å². The first-order valence-electron chi connectivity index (χ1n) is 11.0. The Labute approximate surface area is 206 Å². The van der Waals surface area contributed by atoms with E-state index in [0.717, 1.165) is 4.90 Å². The van der Waals surface area contributed by atoms with Crippen LogP contribution in [-0.2, 0) is 9.47 Å². The van der Waals surface area contributed by atoms with Crippen molar-refractivity contribution in [2.75, 3.05) is 25.2 Å². The van der Waals surface area contributed by atoms with Crippen LogP contribution in [0, 0.1) is 0 Å². The van der Waals surface area contributed by atoms with Crippen molar-refractivity contribution in [1.82, 2.24) is 0 Å². The second kappa shape index (κ2) is 10.2. The van der Waals surface area contributed by atoms with Gasteiger partial charge in [0.15, 0.2) is 12.4 Å². The molecule has 0 aromatic heterocycles. The number of hydrogen-bond acceptors (Lipinski definition) is 8. The van der Waals surface area contributed by atoms with Crippen LogP contribution >= 0.6 is 0 Å². The zero-order valence-corrected chi connectivity index (χ0v) is 19.5. The van der Waals surface area contributed by atoms with E-state index < -0.39 is 36.1 Å². The van der Waals surface area contributed by atoms with E-state index in [-0.39, 0.29) is 34.5 Å². The van der Waals surface area contributed by atoms with Crippen LogP contribution in [0.1, 0.15) is 58.7 Å². The predicted molar refractivity (Wildman–Crippen MR) is 128 cm³/mol. The molecule has 3 aromatic rings. The Hall–Kier alpha value is -4.79. The number of fused-ring (bicyclic) bond motifs is 1. The Morgan fingerprint density at radius 2 is 1.31 bits per heavy atom. The summed E-state index contributed by atoms with van der Waals surface area (Å²) in [6.45, 7) is 1.42. The molecule has 9 heteroatoms. The van der Waals surface area contributed by atoms with Gasteiger partial charge in [-0.3, -0.25) is 14.4 Å². The number of nitrogens with zero attached hydrogens (tertiary/aromatic N) is 1. The van der Waals surface area contributed by atoms with E-state index in [1.165, 1.54) is 49.6 Å². The highest BCUT2D eigenvalue weighted by Crippen LogP contribution is 2.29. The molecule has 182 valence electrons. The Bertz CT molecular complexity index is 1360. The first-order chi connectivity index (χ1) is 17.3. The van der Waals surface area contributed by atoms with Crippen LogP contribution in [0.3, 0.4) is 0 Å². The molecule has 0 atom stereocenters. The number of carbonyl (C=O) groups is 5. The van der Waals surface area contributed by atoms with E-state index in [0.29, 0.717) is 11.3 Å². The lowest BCUT2D eigenvalue weighted by Crippen LogP contribution is -2.29. The lowest BCUT2D eigenvalue weighted by atomic mass is 10.1. The van der Waals surface area contributed by atoms with Gasteiger partial charge < -0.3 is 14.2 Å². The summed E-state index contributed by atoms with van der Waals surface area (Å²) in [5.41, 5.74) is 1.08.